The molecule has 2 aliphatic rings. The Balaban J connectivity index is 1.36. The Morgan fingerprint density at radius 3 is 1.60 bits per heavy atom. The van der Waals surface area contributed by atoms with Crippen LogP contribution in [0, 0.1) is 23.7 Å². The van der Waals surface area contributed by atoms with Gasteiger partial charge in [0.05, 0.1) is 0 Å². The molecule has 0 N–H and O–H groups in total. The maximum absolute atomic E-state index is 2.36. The molecule has 0 aliphatic heterocycles. The van der Waals surface area contributed by atoms with Gasteiger partial charge >= 0.3 is 0 Å². The van der Waals surface area contributed by atoms with Crippen LogP contribution in [0.1, 0.15) is 95.6 Å². The fraction of sp³-hybridized carbons (Fsp3) is 0.760. The fourth-order valence-electron chi connectivity index (χ4n) is 5.62. The van der Waals surface area contributed by atoms with Gasteiger partial charge in [0.1, 0.15) is 0 Å². The highest BCUT2D eigenvalue weighted by molar-refractivity contribution is 5.22. The molecule has 140 valence electrons. The maximum Gasteiger partial charge on any atom is -0.0276 e. The first-order chi connectivity index (χ1) is 12.3. The molecule has 3 rings (SSSR count). The van der Waals surface area contributed by atoms with Crippen LogP contribution in [-0.4, -0.2) is 0 Å². The molecule has 0 heterocycles. The third-order valence-electron chi connectivity index (χ3n) is 7.42. The molecular weight excluding hydrogens is 300 g/mol. The van der Waals surface area contributed by atoms with Crippen molar-refractivity contribution in [2.45, 2.75) is 97.3 Å². The van der Waals surface area contributed by atoms with Gasteiger partial charge in [0.25, 0.3) is 0 Å². The zero-order valence-electron chi connectivity index (χ0n) is 16.8. The van der Waals surface area contributed by atoms with Crippen LogP contribution in [0.2, 0.25) is 0 Å². The predicted octanol–water partition coefficient (Wildman–Crippen LogP) is 7.59. The highest BCUT2D eigenvalue weighted by Crippen LogP contribution is 2.42. The van der Waals surface area contributed by atoms with Crippen LogP contribution < -0.4 is 0 Å². The minimum atomic E-state index is 0.999. The van der Waals surface area contributed by atoms with Gasteiger partial charge in [-0.15, -0.1) is 0 Å². The van der Waals surface area contributed by atoms with Gasteiger partial charge in [0, 0.05) is 0 Å². The Kier molecular flexibility index (Phi) is 7.44. The molecule has 0 spiro atoms. The summed E-state index contributed by atoms with van der Waals surface area (Å²) in [7, 11) is 0. The fourth-order valence-corrected chi connectivity index (χ4v) is 5.62. The van der Waals surface area contributed by atoms with E-state index in [4.69, 9.17) is 0 Å². The molecule has 0 unspecified atom stereocenters. The zero-order valence-corrected chi connectivity index (χ0v) is 16.8. The number of aryl methyl sites for hydroxylation is 2. The van der Waals surface area contributed by atoms with E-state index < -0.39 is 0 Å². The van der Waals surface area contributed by atoms with E-state index in [1.54, 1.807) is 18.4 Å². The van der Waals surface area contributed by atoms with Crippen LogP contribution in [0.15, 0.2) is 24.3 Å². The molecule has 2 aliphatic carbocycles. The van der Waals surface area contributed by atoms with Gasteiger partial charge in [-0.25, -0.2) is 0 Å². The highest BCUT2D eigenvalue weighted by atomic mass is 14.4. The summed E-state index contributed by atoms with van der Waals surface area (Å²) >= 11 is 0. The summed E-state index contributed by atoms with van der Waals surface area (Å²) in [5.74, 6) is 4.22. The lowest BCUT2D eigenvalue weighted by Crippen LogP contribution is -2.26. The third kappa shape index (κ3) is 5.60. The van der Waals surface area contributed by atoms with Crippen LogP contribution in [0.4, 0.5) is 0 Å². The van der Waals surface area contributed by atoms with Crippen molar-refractivity contribution in [1.82, 2.24) is 0 Å². The number of hydrogen-bond acceptors (Lipinski definition) is 0. The van der Waals surface area contributed by atoms with E-state index >= 15 is 0 Å². The minimum Gasteiger partial charge on any atom is -0.0654 e. The maximum atomic E-state index is 2.36. The van der Waals surface area contributed by atoms with Gasteiger partial charge in [0.2, 0.25) is 0 Å². The van der Waals surface area contributed by atoms with Crippen LogP contribution >= 0.6 is 0 Å². The van der Waals surface area contributed by atoms with Crippen LogP contribution in [-0.2, 0) is 12.8 Å². The molecule has 25 heavy (non-hydrogen) atoms. The summed E-state index contributed by atoms with van der Waals surface area (Å²) in [4.78, 5) is 0. The number of benzene rings is 1. The van der Waals surface area contributed by atoms with E-state index in [0.29, 0.717) is 0 Å². The standard InChI is InChI=1S/C25H40/c1-3-5-21-12-16-24(17-13-21)25-18-14-23(15-19-25)11-10-22-8-6-20(4-2)7-9-22/h6-9,21,23-25H,3-5,10-19H2,1-2H3/t21-,23?,24-,25?. The molecule has 0 atom stereocenters. The largest absolute Gasteiger partial charge is 0.0654 e. The van der Waals surface area contributed by atoms with Crippen molar-refractivity contribution >= 4 is 0 Å². The first kappa shape index (κ1) is 19.0. The van der Waals surface area contributed by atoms with Crippen molar-refractivity contribution < 1.29 is 0 Å². The number of rotatable bonds is 7. The van der Waals surface area contributed by atoms with E-state index in [2.05, 4.69) is 38.1 Å². The molecule has 1 aromatic rings. The molecule has 0 bridgehead atoms. The van der Waals surface area contributed by atoms with E-state index in [-0.39, 0.29) is 0 Å². The molecule has 0 saturated heterocycles. The van der Waals surface area contributed by atoms with Gasteiger partial charge in [-0.05, 0) is 79.7 Å². The van der Waals surface area contributed by atoms with Gasteiger partial charge in [-0.1, -0.05) is 76.6 Å². The molecule has 0 aromatic heterocycles. The van der Waals surface area contributed by atoms with Crippen molar-refractivity contribution in [3.63, 3.8) is 0 Å². The molecule has 0 nitrogen and oxygen atoms in total. The summed E-state index contributed by atoms with van der Waals surface area (Å²) < 4.78 is 0. The van der Waals surface area contributed by atoms with Crippen molar-refractivity contribution in [1.29, 1.82) is 0 Å². The lowest BCUT2D eigenvalue weighted by atomic mass is 9.68. The van der Waals surface area contributed by atoms with E-state index in [1.165, 1.54) is 69.8 Å². The molecule has 2 saturated carbocycles. The normalized spacial score (nSPS) is 30.3. The average Bonchev–Trinajstić information content (AvgIpc) is 2.68. The Morgan fingerprint density at radius 2 is 1.12 bits per heavy atom. The highest BCUT2D eigenvalue weighted by Gasteiger charge is 2.30. The van der Waals surface area contributed by atoms with E-state index in [9.17, 15) is 0 Å². The van der Waals surface area contributed by atoms with Gasteiger partial charge in [0.15, 0.2) is 0 Å². The Morgan fingerprint density at radius 1 is 0.640 bits per heavy atom. The van der Waals surface area contributed by atoms with Crippen molar-refractivity contribution in [3.8, 4) is 0 Å². The predicted molar refractivity (Wildman–Crippen MR) is 110 cm³/mol. The molecule has 0 radical (unpaired) electrons. The average molecular weight is 341 g/mol. The minimum absolute atomic E-state index is 0.999. The summed E-state index contributed by atoms with van der Waals surface area (Å²) in [6.07, 6.45) is 19.0. The Labute approximate surface area is 156 Å². The molecule has 0 amide bonds. The van der Waals surface area contributed by atoms with Crippen LogP contribution in [0.25, 0.3) is 0 Å². The molecular formula is C25H40. The SMILES string of the molecule is CCC[C@H]1CC[C@H](C2CCC(CCc3ccc(CC)cc3)CC2)CC1. The second-order valence-corrected chi connectivity index (χ2v) is 9.06. The first-order valence-electron chi connectivity index (χ1n) is 11.4. The van der Waals surface area contributed by atoms with E-state index in [0.717, 1.165) is 30.1 Å². The molecule has 1 aromatic carbocycles. The van der Waals surface area contributed by atoms with Crippen molar-refractivity contribution in [3.05, 3.63) is 35.4 Å². The van der Waals surface area contributed by atoms with E-state index in [1.807, 2.05) is 0 Å². The van der Waals surface area contributed by atoms with Gasteiger partial charge < -0.3 is 0 Å². The second-order valence-electron chi connectivity index (χ2n) is 9.06. The van der Waals surface area contributed by atoms with Crippen molar-refractivity contribution in [2.24, 2.45) is 23.7 Å². The first-order valence-corrected chi connectivity index (χ1v) is 11.4. The summed E-state index contributed by atoms with van der Waals surface area (Å²) in [6, 6.07) is 9.36. The van der Waals surface area contributed by atoms with Crippen LogP contribution in [0.5, 0.6) is 0 Å². The number of hydrogen-bond donors (Lipinski definition) is 0. The second kappa shape index (κ2) is 9.79. The topological polar surface area (TPSA) is 0 Å². The van der Waals surface area contributed by atoms with Crippen molar-refractivity contribution in [2.75, 3.05) is 0 Å². The lowest BCUT2D eigenvalue weighted by Gasteiger charge is -2.38. The molecule has 0 heteroatoms. The third-order valence-corrected chi connectivity index (χ3v) is 7.42. The Bertz CT molecular complexity index is 469. The van der Waals surface area contributed by atoms with Gasteiger partial charge in [-0.2, -0.15) is 0 Å². The summed E-state index contributed by atoms with van der Waals surface area (Å²) in [5, 5.41) is 0. The Hall–Kier alpha value is -0.780. The van der Waals surface area contributed by atoms with Gasteiger partial charge in [-0.3, -0.25) is 0 Å². The smallest absolute Gasteiger partial charge is 0.0276 e. The molecule has 2 fully saturated rings. The summed E-state index contributed by atoms with van der Waals surface area (Å²) in [5.41, 5.74) is 3.02. The monoisotopic (exact) mass is 340 g/mol. The van der Waals surface area contributed by atoms with Crippen LogP contribution in [0.3, 0.4) is 0 Å². The lowest BCUT2D eigenvalue weighted by molar-refractivity contribution is 0.141. The quantitative estimate of drug-likeness (QED) is 0.479. The summed E-state index contributed by atoms with van der Waals surface area (Å²) in [6.45, 7) is 4.59. The zero-order chi connectivity index (χ0) is 17.5.